The summed E-state index contributed by atoms with van der Waals surface area (Å²) in [4.78, 5) is 0. The van der Waals surface area contributed by atoms with Crippen LogP contribution in [0.25, 0.3) is 0 Å². The first-order valence-corrected chi connectivity index (χ1v) is 5.45. The molecule has 0 aliphatic heterocycles. The van der Waals surface area contributed by atoms with Gasteiger partial charge in [0.05, 0.1) is 0 Å². The Balaban J connectivity index is 2.16. The molecule has 1 aliphatic carbocycles. The van der Waals surface area contributed by atoms with Gasteiger partial charge in [0.2, 0.25) is 0 Å². The van der Waals surface area contributed by atoms with E-state index in [-0.39, 0.29) is 11.7 Å². The molecule has 2 rings (SSSR count). The summed E-state index contributed by atoms with van der Waals surface area (Å²) < 4.78 is 34.1. The van der Waals surface area contributed by atoms with Crippen LogP contribution in [0.1, 0.15) is 17.9 Å². The molecule has 1 aromatic rings. The largest absolute Gasteiger partial charge is 0.434 e. The molecule has 0 spiro atoms. The summed E-state index contributed by atoms with van der Waals surface area (Å²) in [7, 11) is 1.63. The number of hydrogen-bond acceptors (Lipinski definition) is 3. The number of ether oxygens (including phenoxy) is 2. The van der Waals surface area contributed by atoms with Crippen LogP contribution in [-0.4, -0.2) is 20.3 Å². The number of anilines is 1. The zero-order valence-corrected chi connectivity index (χ0v) is 9.53. The molecule has 1 aromatic carbocycles. The van der Waals surface area contributed by atoms with Gasteiger partial charge < -0.3 is 15.2 Å². The highest BCUT2D eigenvalue weighted by Crippen LogP contribution is 2.50. The van der Waals surface area contributed by atoms with Gasteiger partial charge in [-0.2, -0.15) is 8.78 Å². The second-order valence-corrected chi connectivity index (χ2v) is 4.23. The number of halogens is 2. The molecule has 0 heterocycles. The second-order valence-electron chi connectivity index (χ2n) is 4.23. The van der Waals surface area contributed by atoms with Crippen LogP contribution in [-0.2, 0) is 4.74 Å². The van der Waals surface area contributed by atoms with Crippen LogP contribution in [0.15, 0.2) is 18.2 Å². The summed E-state index contributed by atoms with van der Waals surface area (Å²) in [5.74, 6) is 0.816. The van der Waals surface area contributed by atoms with E-state index in [1.54, 1.807) is 19.2 Å². The fourth-order valence-electron chi connectivity index (χ4n) is 2.08. The third-order valence-electron chi connectivity index (χ3n) is 2.96. The SMILES string of the molecule is COCC1CC1c1ccc(N)cc1OC(F)F. The first-order chi connectivity index (χ1) is 8.11. The average molecular weight is 243 g/mol. The average Bonchev–Trinajstić information content (AvgIpc) is 2.97. The van der Waals surface area contributed by atoms with Crippen molar-refractivity contribution in [3.8, 4) is 5.75 Å². The van der Waals surface area contributed by atoms with Gasteiger partial charge in [0.25, 0.3) is 0 Å². The lowest BCUT2D eigenvalue weighted by Crippen LogP contribution is -2.05. The van der Waals surface area contributed by atoms with Gasteiger partial charge >= 0.3 is 6.61 Å². The quantitative estimate of drug-likeness (QED) is 0.808. The number of methoxy groups -OCH3 is 1. The van der Waals surface area contributed by atoms with Gasteiger partial charge in [0, 0.05) is 25.5 Å². The number of nitrogens with two attached hydrogens (primary N) is 1. The molecule has 94 valence electrons. The van der Waals surface area contributed by atoms with Gasteiger partial charge in [-0.1, -0.05) is 6.07 Å². The maximum atomic E-state index is 12.3. The van der Waals surface area contributed by atoms with E-state index in [1.165, 1.54) is 6.07 Å². The van der Waals surface area contributed by atoms with Crippen molar-refractivity contribution in [3.63, 3.8) is 0 Å². The fraction of sp³-hybridized carbons (Fsp3) is 0.500. The van der Waals surface area contributed by atoms with Crippen LogP contribution in [0.3, 0.4) is 0 Å². The number of rotatable bonds is 5. The molecular formula is C12H15F2NO2. The smallest absolute Gasteiger partial charge is 0.387 e. The molecule has 1 aliphatic rings. The number of alkyl halides is 2. The summed E-state index contributed by atoms with van der Waals surface area (Å²) in [5.41, 5.74) is 6.78. The highest BCUT2D eigenvalue weighted by molar-refractivity contribution is 5.51. The number of benzene rings is 1. The lowest BCUT2D eigenvalue weighted by molar-refractivity contribution is -0.0504. The normalized spacial score (nSPS) is 22.8. The first kappa shape index (κ1) is 12.1. The molecule has 1 saturated carbocycles. The summed E-state index contributed by atoms with van der Waals surface area (Å²) >= 11 is 0. The molecule has 0 saturated heterocycles. The maximum Gasteiger partial charge on any atom is 0.387 e. The molecule has 17 heavy (non-hydrogen) atoms. The van der Waals surface area contributed by atoms with Crippen molar-refractivity contribution in [2.24, 2.45) is 5.92 Å². The summed E-state index contributed by atoms with van der Waals surface area (Å²) in [5, 5.41) is 0. The molecule has 2 unspecified atom stereocenters. The van der Waals surface area contributed by atoms with E-state index in [0.29, 0.717) is 18.2 Å². The predicted molar refractivity (Wildman–Crippen MR) is 60.2 cm³/mol. The van der Waals surface area contributed by atoms with Gasteiger partial charge in [-0.05, 0) is 29.9 Å². The minimum absolute atomic E-state index is 0.184. The number of nitrogen functional groups attached to an aromatic ring is 1. The maximum absolute atomic E-state index is 12.3. The van der Waals surface area contributed by atoms with Crippen molar-refractivity contribution in [1.29, 1.82) is 0 Å². The van der Waals surface area contributed by atoms with E-state index < -0.39 is 6.61 Å². The molecule has 2 N–H and O–H groups in total. The Labute approximate surface area is 98.5 Å². The molecule has 3 nitrogen and oxygen atoms in total. The van der Waals surface area contributed by atoms with Crippen LogP contribution in [0.5, 0.6) is 5.75 Å². The lowest BCUT2D eigenvalue weighted by atomic mass is 10.1. The van der Waals surface area contributed by atoms with Crippen molar-refractivity contribution in [2.45, 2.75) is 19.0 Å². The Kier molecular flexibility index (Phi) is 3.47. The molecule has 0 amide bonds. The highest BCUT2D eigenvalue weighted by Gasteiger charge is 2.40. The van der Waals surface area contributed by atoms with Crippen molar-refractivity contribution in [3.05, 3.63) is 23.8 Å². The molecule has 0 radical (unpaired) electrons. The van der Waals surface area contributed by atoms with Crippen molar-refractivity contribution < 1.29 is 18.3 Å². The van der Waals surface area contributed by atoms with Crippen molar-refractivity contribution in [2.75, 3.05) is 19.5 Å². The Morgan fingerprint density at radius 3 is 2.88 bits per heavy atom. The molecule has 2 atom stereocenters. The second kappa shape index (κ2) is 4.87. The molecule has 1 fully saturated rings. The first-order valence-electron chi connectivity index (χ1n) is 5.45. The molecule has 0 bridgehead atoms. The molecule has 5 heteroatoms. The fourth-order valence-corrected chi connectivity index (χ4v) is 2.08. The van der Waals surface area contributed by atoms with Crippen LogP contribution in [0, 0.1) is 5.92 Å². The van der Waals surface area contributed by atoms with Crippen LogP contribution in [0.2, 0.25) is 0 Å². The minimum Gasteiger partial charge on any atom is -0.434 e. The van der Waals surface area contributed by atoms with Crippen LogP contribution >= 0.6 is 0 Å². The number of hydrogen-bond donors (Lipinski definition) is 1. The van der Waals surface area contributed by atoms with E-state index in [0.717, 1.165) is 12.0 Å². The standard InChI is InChI=1S/C12H15F2NO2/c1-16-6-7-4-10(7)9-3-2-8(15)5-11(9)17-12(13)14/h2-3,5,7,10,12H,4,6,15H2,1H3. The topological polar surface area (TPSA) is 44.5 Å². The van der Waals surface area contributed by atoms with E-state index in [4.69, 9.17) is 10.5 Å². The van der Waals surface area contributed by atoms with Crippen molar-refractivity contribution >= 4 is 5.69 Å². The van der Waals surface area contributed by atoms with Gasteiger partial charge in [-0.15, -0.1) is 0 Å². The Morgan fingerprint density at radius 2 is 2.24 bits per heavy atom. The summed E-state index contributed by atoms with van der Waals surface area (Å²) in [6, 6.07) is 4.91. The summed E-state index contributed by atoms with van der Waals surface area (Å²) in [6.45, 7) is -2.18. The third-order valence-corrected chi connectivity index (χ3v) is 2.96. The minimum atomic E-state index is -2.82. The zero-order chi connectivity index (χ0) is 12.4. The third kappa shape index (κ3) is 2.85. The lowest BCUT2D eigenvalue weighted by Gasteiger charge is -2.11. The highest BCUT2D eigenvalue weighted by atomic mass is 19.3. The van der Waals surface area contributed by atoms with Crippen LogP contribution < -0.4 is 10.5 Å². The van der Waals surface area contributed by atoms with E-state index in [2.05, 4.69) is 4.74 Å². The van der Waals surface area contributed by atoms with E-state index >= 15 is 0 Å². The van der Waals surface area contributed by atoms with E-state index in [9.17, 15) is 8.78 Å². The monoisotopic (exact) mass is 243 g/mol. The van der Waals surface area contributed by atoms with Gasteiger partial charge in [-0.25, -0.2) is 0 Å². The van der Waals surface area contributed by atoms with E-state index in [1.807, 2.05) is 0 Å². The van der Waals surface area contributed by atoms with Gasteiger partial charge in [0.15, 0.2) is 0 Å². The summed E-state index contributed by atoms with van der Waals surface area (Å²) in [6.07, 6.45) is 0.942. The Bertz CT molecular complexity index is 398. The predicted octanol–water partition coefficient (Wildman–Crippen LogP) is 2.62. The molecule has 0 aromatic heterocycles. The molecular weight excluding hydrogens is 228 g/mol. The van der Waals surface area contributed by atoms with Gasteiger partial charge in [-0.3, -0.25) is 0 Å². The van der Waals surface area contributed by atoms with Crippen LogP contribution in [0.4, 0.5) is 14.5 Å². The van der Waals surface area contributed by atoms with Crippen molar-refractivity contribution in [1.82, 2.24) is 0 Å². The Hall–Kier alpha value is -1.36. The Morgan fingerprint density at radius 1 is 1.47 bits per heavy atom. The van der Waals surface area contributed by atoms with Gasteiger partial charge in [0.1, 0.15) is 5.75 Å². The zero-order valence-electron chi connectivity index (χ0n) is 9.53.